The number of rotatable bonds is 5. The number of nitrogens with zero attached hydrogens (tertiary/aromatic N) is 2. The van der Waals surface area contributed by atoms with Gasteiger partial charge in [0.05, 0.1) is 5.69 Å². The molecule has 0 spiro atoms. The van der Waals surface area contributed by atoms with Crippen LogP contribution in [0.1, 0.15) is 45.2 Å². The first kappa shape index (κ1) is 13.7. The molecule has 0 fully saturated rings. The van der Waals surface area contributed by atoms with Crippen LogP contribution in [0.5, 0.6) is 0 Å². The Kier molecular flexibility index (Phi) is 4.25. The second-order valence-corrected chi connectivity index (χ2v) is 5.03. The van der Waals surface area contributed by atoms with E-state index >= 15 is 0 Å². The van der Waals surface area contributed by atoms with Crippen LogP contribution in [0.15, 0.2) is 30.3 Å². The monoisotopic (exact) mass is 257 g/mol. The van der Waals surface area contributed by atoms with Crippen LogP contribution in [0.2, 0.25) is 0 Å². The Balaban J connectivity index is 2.53. The molecule has 1 aromatic heterocycles. The summed E-state index contributed by atoms with van der Waals surface area (Å²) in [5.74, 6) is 2.23. The van der Waals surface area contributed by atoms with Gasteiger partial charge in [-0.15, -0.1) is 0 Å². The number of hydrogen-bond donors (Lipinski definition) is 1. The molecule has 2 N–H and O–H groups in total. The van der Waals surface area contributed by atoms with Crippen LogP contribution >= 0.6 is 0 Å². The zero-order valence-electron chi connectivity index (χ0n) is 12.1. The number of aromatic nitrogens is 2. The Bertz CT molecular complexity index is 528. The fourth-order valence-electron chi connectivity index (χ4n) is 2.30. The van der Waals surface area contributed by atoms with Gasteiger partial charge < -0.3 is 10.3 Å². The zero-order chi connectivity index (χ0) is 13.8. The minimum Gasteiger partial charge on any atom is -0.384 e. The Morgan fingerprint density at radius 3 is 2.47 bits per heavy atom. The van der Waals surface area contributed by atoms with Crippen molar-refractivity contribution in [2.45, 2.75) is 46.1 Å². The van der Waals surface area contributed by atoms with Gasteiger partial charge in [-0.25, -0.2) is 4.98 Å². The maximum atomic E-state index is 6.30. The van der Waals surface area contributed by atoms with Gasteiger partial charge in [0.2, 0.25) is 0 Å². The smallest absolute Gasteiger partial charge is 0.141 e. The van der Waals surface area contributed by atoms with Crippen LogP contribution in [0.25, 0.3) is 11.4 Å². The van der Waals surface area contributed by atoms with Gasteiger partial charge in [0, 0.05) is 18.0 Å². The Labute approximate surface area is 115 Å². The molecule has 2 rings (SSSR count). The number of anilines is 1. The van der Waals surface area contributed by atoms with Gasteiger partial charge in [0.15, 0.2) is 0 Å². The van der Waals surface area contributed by atoms with Crippen LogP contribution in [0.3, 0.4) is 0 Å². The molecule has 0 saturated carbocycles. The van der Waals surface area contributed by atoms with Crippen molar-refractivity contribution in [3.05, 3.63) is 36.0 Å². The zero-order valence-corrected chi connectivity index (χ0v) is 12.1. The largest absolute Gasteiger partial charge is 0.384 e. The molecule has 2 aromatic rings. The third kappa shape index (κ3) is 2.65. The average molecular weight is 257 g/mol. The van der Waals surface area contributed by atoms with Gasteiger partial charge in [-0.1, -0.05) is 51.1 Å². The van der Waals surface area contributed by atoms with Crippen molar-refractivity contribution in [2.24, 2.45) is 0 Å². The highest BCUT2D eigenvalue weighted by molar-refractivity contribution is 5.60. The molecule has 0 aliphatic rings. The van der Waals surface area contributed by atoms with E-state index in [2.05, 4.69) is 37.5 Å². The molecular formula is C16H23N3. The summed E-state index contributed by atoms with van der Waals surface area (Å²) in [6.07, 6.45) is 2.11. The van der Waals surface area contributed by atoms with Crippen molar-refractivity contribution in [3.8, 4) is 11.4 Å². The molecule has 0 aliphatic carbocycles. The Morgan fingerprint density at radius 1 is 1.21 bits per heavy atom. The van der Waals surface area contributed by atoms with Crippen molar-refractivity contribution >= 4 is 5.82 Å². The minimum absolute atomic E-state index is 0.403. The second-order valence-electron chi connectivity index (χ2n) is 5.03. The van der Waals surface area contributed by atoms with Gasteiger partial charge in [0.25, 0.3) is 0 Å². The summed E-state index contributed by atoms with van der Waals surface area (Å²) < 4.78 is 2.15. The summed E-state index contributed by atoms with van der Waals surface area (Å²) in [6, 6.07) is 10.3. The fourth-order valence-corrected chi connectivity index (χ4v) is 2.30. The predicted molar refractivity (Wildman–Crippen MR) is 81.1 cm³/mol. The molecule has 1 unspecified atom stereocenters. The van der Waals surface area contributed by atoms with E-state index in [9.17, 15) is 0 Å². The molecule has 0 bridgehead atoms. The highest BCUT2D eigenvalue weighted by Gasteiger charge is 2.18. The van der Waals surface area contributed by atoms with Crippen molar-refractivity contribution in [3.63, 3.8) is 0 Å². The molecule has 1 aromatic carbocycles. The summed E-state index contributed by atoms with van der Waals surface area (Å²) in [7, 11) is 0. The van der Waals surface area contributed by atoms with Crippen LogP contribution in [0.4, 0.5) is 5.82 Å². The summed E-state index contributed by atoms with van der Waals surface area (Å²) >= 11 is 0. The number of nitrogens with two attached hydrogens (primary N) is 1. The van der Waals surface area contributed by atoms with Crippen molar-refractivity contribution in [1.29, 1.82) is 0 Å². The summed E-state index contributed by atoms with van der Waals surface area (Å²) in [6.45, 7) is 7.44. The van der Waals surface area contributed by atoms with Gasteiger partial charge in [-0.2, -0.15) is 0 Å². The highest BCUT2D eigenvalue weighted by atomic mass is 15.1. The maximum absolute atomic E-state index is 6.30. The lowest BCUT2D eigenvalue weighted by Gasteiger charge is -2.09. The van der Waals surface area contributed by atoms with Crippen LogP contribution < -0.4 is 5.73 Å². The number of benzene rings is 1. The molecule has 19 heavy (non-hydrogen) atoms. The van der Waals surface area contributed by atoms with E-state index in [4.69, 9.17) is 10.7 Å². The van der Waals surface area contributed by atoms with Gasteiger partial charge >= 0.3 is 0 Å². The minimum atomic E-state index is 0.403. The number of imidazole rings is 1. The SMILES string of the molecule is CCCn1c(-c2ccccc2)nc(C(C)CC)c1N. The highest BCUT2D eigenvalue weighted by Crippen LogP contribution is 2.30. The van der Waals surface area contributed by atoms with E-state index in [1.165, 1.54) is 0 Å². The van der Waals surface area contributed by atoms with Crippen LogP contribution in [0, 0.1) is 0 Å². The molecular weight excluding hydrogens is 234 g/mol. The Morgan fingerprint density at radius 2 is 1.89 bits per heavy atom. The lowest BCUT2D eigenvalue weighted by molar-refractivity contribution is 0.687. The second kappa shape index (κ2) is 5.91. The normalized spacial score (nSPS) is 12.6. The first-order valence-electron chi connectivity index (χ1n) is 7.10. The molecule has 0 radical (unpaired) electrons. The lowest BCUT2D eigenvalue weighted by atomic mass is 10.1. The van der Waals surface area contributed by atoms with Gasteiger partial charge in [-0.3, -0.25) is 0 Å². The molecule has 0 amide bonds. The molecule has 3 heteroatoms. The molecule has 0 aliphatic heterocycles. The average Bonchev–Trinajstić information content (AvgIpc) is 2.77. The fraction of sp³-hybridized carbons (Fsp3) is 0.438. The van der Waals surface area contributed by atoms with Crippen molar-refractivity contribution in [1.82, 2.24) is 9.55 Å². The van der Waals surface area contributed by atoms with E-state index in [0.29, 0.717) is 5.92 Å². The molecule has 102 valence electrons. The van der Waals surface area contributed by atoms with Crippen LogP contribution in [-0.4, -0.2) is 9.55 Å². The lowest BCUT2D eigenvalue weighted by Crippen LogP contribution is -2.05. The van der Waals surface area contributed by atoms with Gasteiger partial charge in [0.1, 0.15) is 11.6 Å². The molecule has 1 heterocycles. The van der Waals surface area contributed by atoms with E-state index in [1.807, 2.05) is 18.2 Å². The van der Waals surface area contributed by atoms with Gasteiger partial charge in [-0.05, 0) is 12.8 Å². The van der Waals surface area contributed by atoms with Crippen molar-refractivity contribution < 1.29 is 0 Å². The topological polar surface area (TPSA) is 43.8 Å². The number of nitrogen functional groups attached to an aromatic ring is 1. The van der Waals surface area contributed by atoms with E-state index in [0.717, 1.165) is 42.3 Å². The predicted octanol–water partition coefficient (Wildman–Crippen LogP) is 4.06. The molecule has 3 nitrogen and oxygen atoms in total. The third-order valence-corrected chi connectivity index (χ3v) is 3.59. The summed E-state index contributed by atoms with van der Waals surface area (Å²) in [4.78, 5) is 4.81. The quantitative estimate of drug-likeness (QED) is 0.878. The van der Waals surface area contributed by atoms with Crippen molar-refractivity contribution in [2.75, 3.05) is 5.73 Å². The van der Waals surface area contributed by atoms with E-state index in [1.54, 1.807) is 0 Å². The molecule has 1 atom stereocenters. The maximum Gasteiger partial charge on any atom is 0.141 e. The summed E-state index contributed by atoms with van der Waals surface area (Å²) in [5.41, 5.74) is 8.48. The van der Waals surface area contributed by atoms with E-state index < -0.39 is 0 Å². The van der Waals surface area contributed by atoms with E-state index in [-0.39, 0.29) is 0 Å². The first-order valence-corrected chi connectivity index (χ1v) is 7.10. The Hall–Kier alpha value is -1.77. The molecule has 0 saturated heterocycles. The third-order valence-electron chi connectivity index (χ3n) is 3.59. The van der Waals surface area contributed by atoms with Crippen LogP contribution in [-0.2, 0) is 6.54 Å². The summed E-state index contributed by atoms with van der Waals surface area (Å²) in [5, 5.41) is 0. The standard InChI is InChI=1S/C16H23N3/c1-4-11-19-15(17)14(12(3)5-2)18-16(19)13-9-7-6-8-10-13/h6-10,12H,4-5,11,17H2,1-3H3. The number of hydrogen-bond acceptors (Lipinski definition) is 2. The first-order chi connectivity index (χ1) is 9.19.